The zero-order valence-electron chi connectivity index (χ0n) is 10.4. The fourth-order valence-corrected chi connectivity index (χ4v) is 1.25. The summed E-state index contributed by atoms with van der Waals surface area (Å²) in [7, 11) is 3.06. The lowest BCUT2D eigenvalue weighted by atomic mass is 10.3. The van der Waals surface area contributed by atoms with E-state index in [1.54, 1.807) is 31.4 Å². The summed E-state index contributed by atoms with van der Waals surface area (Å²) in [5.74, 6) is 0.771. The summed E-state index contributed by atoms with van der Waals surface area (Å²) in [6.45, 7) is 0. The molecule has 2 rings (SSSR count). The number of nitrogens with two attached hydrogens (primary N) is 1. The van der Waals surface area contributed by atoms with Crippen LogP contribution in [0.15, 0.2) is 48.5 Å². The molecule has 0 saturated heterocycles. The molecule has 0 spiro atoms. The summed E-state index contributed by atoms with van der Waals surface area (Å²) < 4.78 is 22.0. The van der Waals surface area contributed by atoms with E-state index in [0.29, 0.717) is 0 Å². The highest BCUT2D eigenvalue weighted by Gasteiger charge is 1.95. The van der Waals surface area contributed by atoms with Crippen LogP contribution in [0.25, 0.3) is 0 Å². The minimum Gasteiger partial charge on any atom is -0.497 e. The first-order chi connectivity index (χ1) is 8.67. The molecule has 2 aromatic carbocycles. The highest BCUT2D eigenvalue weighted by atomic mass is 19.1. The molecular weight excluding hydrogens is 233 g/mol. The smallest absolute Gasteiger partial charge is 0.165 e. The van der Waals surface area contributed by atoms with Crippen molar-refractivity contribution in [2.75, 3.05) is 20.0 Å². The Morgan fingerprint density at radius 1 is 0.944 bits per heavy atom. The van der Waals surface area contributed by atoms with Gasteiger partial charge in [0.05, 0.1) is 14.2 Å². The molecule has 0 aromatic heterocycles. The van der Waals surface area contributed by atoms with Crippen LogP contribution in [0.5, 0.6) is 11.5 Å². The standard InChI is InChI=1S/C7H7FO.C7H9NO/c1-9-7-5-3-2-4-6(7)8;1-9-7-4-2-3-6(8)5-7/h2-5H,1H3;2-5H,8H2,1H3. The Balaban J connectivity index is 0.000000180. The van der Waals surface area contributed by atoms with Gasteiger partial charge in [0.25, 0.3) is 0 Å². The molecule has 0 atom stereocenters. The number of rotatable bonds is 2. The monoisotopic (exact) mass is 249 g/mol. The van der Waals surface area contributed by atoms with Gasteiger partial charge in [0, 0.05) is 11.8 Å². The molecule has 0 amide bonds. The second kappa shape index (κ2) is 7.17. The third kappa shape index (κ3) is 4.33. The highest BCUT2D eigenvalue weighted by Crippen LogP contribution is 2.13. The number of para-hydroxylation sites is 1. The lowest BCUT2D eigenvalue weighted by Crippen LogP contribution is -1.86. The van der Waals surface area contributed by atoms with Crippen LogP contribution in [0.3, 0.4) is 0 Å². The second-order valence-electron chi connectivity index (χ2n) is 3.41. The van der Waals surface area contributed by atoms with Crippen LogP contribution >= 0.6 is 0 Å². The van der Waals surface area contributed by atoms with E-state index >= 15 is 0 Å². The number of benzene rings is 2. The van der Waals surface area contributed by atoms with Gasteiger partial charge >= 0.3 is 0 Å². The molecule has 3 nitrogen and oxygen atoms in total. The first kappa shape index (κ1) is 13.8. The van der Waals surface area contributed by atoms with E-state index in [2.05, 4.69) is 4.74 Å². The van der Waals surface area contributed by atoms with Gasteiger partial charge in [-0.15, -0.1) is 0 Å². The predicted octanol–water partition coefficient (Wildman–Crippen LogP) is 3.11. The third-order valence-electron chi connectivity index (χ3n) is 2.15. The quantitative estimate of drug-likeness (QED) is 0.832. The summed E-state index contributed by atoms with van der Waals surface area (Å²) in [5.41, 5.74) is 6.19. The summed E-state index contributed by atoms with van der Waals surface area (Å²) in [6, 6.07) is 13.6. The molecule has 0 aliphatic rings. The van der Waals surface area contributed by atoms with E-state index in [0.717, 1.165) is 11.4 Å². The SMILES string of the molecule is COc1cccc(N)c1.COc1ccccc1F. The maximum Gasteiger partial charge on any atom is 0.165 e. The molecule has 0 bridgehead atoms. The van der Waals surface area contributed by atoms with E-state index < -0.39 is 0 Å². The minimum atomic E-state index is -0.319. The number of nitrogen functional groups attached to an aromatic ring is 1. The second-order valence-corrected chi connectivity index (χ2v) is 3.41. The Morgan fingerprint density at radius 2 is 1.67 bits per heavy atom. The summed E-state index contributed by atoms with van der Waals surface area (Å²) in [4.78, 5) is 0. The van der Waals surface area contributed by atoms with Crippen molar-refractivity contribution in [3.8, 4) is 11.5 Å². The molecule has 0 aliphatic heterocycles. The lowest BCUT2D eigenvalue weighted by molar-refractivity contribution is 0.386. The van der Waals surface area contributed by atoms with Gasteiger partial charge < -0.3 is 15.2 Å². The van der Waals surface area contributed by atoms with E-state index in [1.807, 2.05) is 18.2 Å². The Morgan fingerprint density at radius 3 is 2.11 bits per heavy atom. The van der Waals surface area contributed by atoms with Crippen LogP contribution in [-0.4, -0.2) is 14.2 Å². The molecule has 18 heavy (non-hydrogen) atoms. The number of methoxy groups -OCH3 is 2. The highest BCUT2D eigenvalue weighted by molar-refractivity contribution is 5.43. The predicted molar refractivity (Wildman–Crippen MR) is 70.4 cm³/mol. The van der Waals surface area contributed by atoms with Gasteiger partial charge in [-0.05, 0) is 24.3 Å². The number of halogens is 1. The van der Waals surface area contributed by atoms with Crippen molar-refractivity contribution in [1.82, 2.24) is 0 Å². The topological polar surface area (TPSA) is 44.5 Å². The van der Waals surface area contributed by atoms with Crippen molar-refractivity contribution in [3.05, 3.63) is 54.3 Å². The Kier molecular flexibility index (Phi) is 5.51. The molecule has 0 radical (unpaired) electrons. The zero-order chi connectivity index (χ0) is 13.4. The van der Waals surface area contributed by atoms with Gasteiger partial charge in [0.1, 0.15) is 5.75 Å². The average Bonchev–Trinajstić information content (AvgIpc) is 2.40. The average molecular weight is 249 g/mol. The molecule has 0 heterocycles. The van der Waals surface area contributed by atoms with Crippen molar-refractivity contribution in [2.45, 2.75) is 0 Å². The number of ether oxygens (including phenoxy) is 2. The van der Waals surface area contributed by atoms with Crippen molar-refractivity contribution in [1.29, 1.82) is 0 Å². The van der Waals surface area contributed by atoms with Crippen molar-refractivity contribution in [3.63, 3.8) is 0 Å². The normalized spacial score (nSPS) is 9.06. The molecule has 0 aliphatic carbocycles. The summed E-state index contributed by atoms with van der Waals surface area (Å²) in [5, 5.41) is 0. The fourth-order valence-electron chi connectivity index (χ4n) is 1.25. The Labute approximate surface area is 106 Å². The Hall–Kier alpha value is -2.23. The van der Waals surface area contributed by atoms with Gasteiger partial charge in [0.15, 0.2) is 11.6 Å². The Bertz CT molecular complexity index is 489. The zero-order valence-corrected chi connectivity index (χ0v) is 10.4. The van der Waals surface area contributed by atoms with Gasteiger partial charge in [-0.3, -0.25) is 0 Å². The third-order valence-corrected chi connectivity index (χ3v) is 2.15. The van der Waals surface area contributed by atoms with Gasteiger partial charge in [0.2, 0.25) is 0 Å². The van der Waals surface area contributed by atoms with Gasteiger partial charge in [-0.1, -0.05) is 18.2 Å². The van der Waals surface area contributed by atoms with Crippen LogP contribution in [0.1, 0.15) is 0 Å². The number of hydrogen-bond donors (Lipinski definition) is 1. The molecule has 2 N–H and O–H groups in total. The molecule has 96 valence electrons. The van der Waals surface area contributed by atoms with Gasteiger partial charge in [-0.2, -0.15) is 0 Å². The lowest BCUT2D eigenvalue weighted by Gasteiger charge is -1.97. The fraction of sp³-hybridized carbons (Fsp3) is 0.143. The summed E-state index contributed by atoms with van der Waals surface area (Å²) >= 11 is 0. The van der Waals surface area contributed by atoms with Crippen molar-refractivity contribution in [2.24, 2.45) is 0 Å². The van der Waals surface area contributed by atoms with Gasteiger partial charge in [-0.25, -0.2) is 4.39 Å². The van der Waals surface area contributed by atoms with Crippen molar-refractivity contribution < 1.29 is 13.9 Å². The van der Waals surface area contributed by atoms with Crippen LogP contribution < -0.4 is 15.2 Å². The molecule has 0 unspecified atom stereocenters. The van der Waals surface area contributed by atoms with Crippen LogP contribution in [0.2, 0.25) is 0 Å². The van der Waals surface area contributed by atoms with E-state index in [9.17, 15) is 4.39 Å². The van der Waals surface area contributed by atoms with Crippen molar-refractivity contribution >= 4 is 5.69 Å². The molecule has 0 saturated carbocycles. The maximum absolute atomic E-state index is 12.5. The molecule has 2 aromatic rings. The van der Waals surface area contributed by atoms with E-state index in [-0.39, 0.29) is 11.6 Å². The molecule has 0 fully saturated rings. The minimum absolute atomic E-state index is 0.289. The summed E-state index contributed by atoms with van der Waals surface area (Å²) in [6.07, 6.45) is 0. The first-order valence-electron chi connectivity index (χ1n) is 5.35. The van der Waals surface area contributed by atoms with Crippen LogP contribution in [0.4, 0.5) is 10.1 Å². The van der Waals surface area contributed by atoms with E-state index in [4.69, 9.17) is 10.5 Å². The number of anilines is 1. The van der Waals surface area contributed by atoms with Crippen LogP contribution in [0, 0.1) is 5.82 Å². The molecular formula is C14H16FNO2. The number of hydrogen-bond acceptors (Lipinski definition) is 3. The molecule has 4 heteroatoms. The largest absolute Gasteiger partial charge is 0.497 e. The maximum atomic E-state index is 12.5. The van der Waals surface area contributed by atoms with E-state index in [1.165, 1.54) is 13.2 Å². The first-order valence-corrected chi connectivity index (χ1v) is 5.35. The van der Waals surface area contributed by atoms with Crippen LogP contribution in [-0.2, 0) is 0 Å².